The normalized spacial score (nSPS) is 25.7. The molecule has 2 saturated heterocycles. The van der Waals surface area contributed by atoms with Crippen LogP contribution in [0.25, 0.3) is 5.69 Å². The Morgan fingerprint density at radius 2 is 1.88 bits per heavy atom. The average molecular weight is 356 g/mol. The van der Waals surface area contributed by atoms with Crippen LogP contribution in [0.15, 0.2) is 35.1 Å². The standard InChI is InChI=1S/C21H30N4O/c1-16-20(21(26)25(23(16)2)18-10-4-3-5-11-18)22-15-17-9-8-14-24-13-7-6-12-19(17)24/h3-5,10-11,17,19,22H,6-9,12-15H2,1-2H3/p+1/t17-,19-/m1/s1. The number of aromatic nitrogens is 2. The van der Waals surface area contributed by atoms with E-state index in [0.29, 0.717) is 5.92 Å². The lowest BCUT2D eigenvalue weighted by Crippen LogP contribution is -3.18. The molecular formula is C21H31N4O+. The second-order valence-electron chi connectivity index (χ2n) is 7.98. The van der Waals surface area contributed by atoms with Crippen molar-refractivity contribution in [3.05, 3.63) is 46.4 Å². The molecule has 4 rings (SSSR count). The number of quaternary nitrogens is 1. The van der Waals surface area contributed by atoms with Gasteiger partial charge in [0, 0.05) is 19.5 Å². The molecule has 26 heavy (non-hydrogen) atoms. The molecule has 2 aliphatic rings. The van der Waals surface area contributed by atoms with E-state index in [1.165, 1.54) is 45.2 Å². The minimum absolute atomic E-state index is 0.0554. The number of fused-ring (bicyclic) bond motifs is 1. The van der Waals surface area contributed by atoms with Crippen LogP contribution in [-0.2, 0) is 7.05 Å². The summed E-state index contributed by atoms with van der Waals surface area (Å²) in [5.41, 5.74) is 2.73. The average Bonchev–Trinajstić information content (AvgIpc) is 2.89. The second-order valence-corrected chi connectivity index (χ2v) is 7.98. The molecule has 3 atom stereocenters. The highest BCUT2D eigenvalue weighted by molar-refractivity contribution is 5.49. The number of nitrogens with one attached hydrogen (secondary N) is 2. The number of hydrogen-bond donors (Lipinski definition) is 2. The van der Waals surface area contributed by atoms with Crippen LogP contribution >= 0.6 is 0 Å². The quantitative estimate of drug-likeness (QED) is 0.877. The molecule has 2 aromatic rings. The molecule has 5 nitrogen and oxygen atoms in total. The zero-order chi connectivity index (χ0) is 18.1. The summed E-state index contributed by atoms with van der Waals surface area (Å²) in [7, 11) is 1.96. The summed E-state index contributed by atoms with van der Waals surface area (Å²) in [6, 6.07) is 10.7. The van der Waals surface area contributed by atoms with Gasteiger partial charge in [-0.25, -0.2) is 4.68 Å². The molecule has 0 amide bonds. The van der Waals surface area contributed by atoms with E-state index in [1.807, 2.05) is 49.0 Å². The lowest BCUT2D eigenvalue weighted by Gasteiger charge is -2.41. The molecule has 2 fully saturated rings. The van der Waals surface area contributed by atoms with Gasteiger partial charge in [0.2, 0.25) is 0 Å². The molecule has 1 aromatic carbocycles. The molecule has 0 aliphatic carbocycles. The fourth-order valence-corrected chi connectivity index (χ4v) is 5.03. The van der Waals surface area contributed by atoms with Gasteiger partial charge in [-0.3, -0.25) is 9.48 Å². The minimum atomic E-state index is 0.0554. The van der Waals surface area contributed by atoms with E-state index in [1.54, 1.807) is 9.58 Å². The van der Waals surface area contributed by atoms with Gasteiger partial charge in [0.15, 0.2) is 0 Å². The maximum atomic E-state index is 13.0. The minimum Gasteiger partial charge on any atom is -0.379 e. The van der Waals surface area contributed by atoms with Gasteiger partial charge in [0.25, 0.3) is 5.56 Å². The van der Waals surface area contributed by atoms with Crippen molar-refractivity contribution < 1.29 is 4.90 Å². The van der Waals surface area contributed by atoms with E-state index in [4.69, 9.17) is 0 Å². The van der Waals surface area contributed by atoms with E-state index in [9.17, 15) is 4.79 Å². The zero-order valence-corrected chi connectivity index (χ0v) is 16.0. The smallest absolute Gasteiger partial charge is 0.295 e. The first kappa shape index (κ1) is 17.4. The van der Waals surface area contributed by atoms with E-state index in [-0.39, 0.29) is 5.56 Å². The van der Waals surface area contributed by atoms with Crippen molar-refractivity contribution in [3.8, 4) is 5.69 Å². The topological polar surface area (TPSA) is 43.4 Å². The summed E-state index contributed by atoms with van der Waals surface area (Å²) in [6.45, 7) is 5.63. The molecule has 1 unspecified atom stereocenters. The van der Waals surface area contributed by atoms with Crippen LogP contribution in [-0.4, -0.2) is 35.0 Å². The van der Waals surface area contributed by atoms with Crippen molar-refractivity contribution in [1.82, 2.24) is 9.36 Å². The summed E-state index contributed by atoms with van der Waals surface area (Å²) in [4.78, 5) is 14.8. The summed E-state index contributed by atoms with van der Waals surface area (Å²) >= 11 is 0. The van der Waals surface area contributed by atoms with Crippen LogP contribution in [0.1, 0.15) is 37.8 Å². The van der Waals surface area contributed by atoms with Gasteiger partial charge in [0.05, 0.1) is 30.5 Å². The molecule has 2 N–H and O–H groups in total. The van der Waals surface area contributed by atoms with Gasteiger partial charge in [-0.2, -0.15) is 0 Å². The van der Waals surface area contributed by atoms with Crippen LogP contribution in [0.4, 0.5) is 5.69 Å². The lowest BCUT2D eigenvalue weighted by atomic mass is 9.83. The third-order valence-electron chi connectivity index (χ3n) is 6.52. The number of rotatable bonds is 4. The highest BCUT2D eigenvalue weighted by Crippen LogP contribution is 2.22. The zero-order valence-electron chi connectivity index (χ0n) is 16.0. The van der Waals surface area contributed by atoms with Crippen molar-refractivity contribution >= 4 is 5.69 Å². The largest absolute Gasteiger partial charge is 0.379 e. The Morgan fingerprint density at radius 1 is 1.12 bits per heavy atom. The van der Waals surface area contributed by atoms with Gasteiger partial charge >= 0.3 is 0 Å². The summed E-state index contributed by atoms with van der Waals surface area (Å²) in [6.07, 6.45) is 6.71. The molecule has 5 heteroatoms. The molecular weight excluding hydrogens is 324 g/mol. The fourth-order valence-electron chi connectivity index (χ4n) is 5.03. The first-order valence-electron chi connectivity index (χ1n) is 10.1. The Bertz CT molecular complexity index is 805. The number of hydrogen-bond acceptors (Lipinski definition) is 2. The number of nitrogens with zero attached hydrogens (tertiary/aromatic N) is 2. The van der Waals surface area contributed by atoms with Gasteiger partial charge in [-0.15, -0.1) is 0 Å². The van der Waals surface area contributed by atoms with Crippen LogP contribution in [0.3, 0.4) is 0 Å². The molecule has 140 valence electrons. The Labute approximate surface area is 155 Å². The van der Waals surface area contributed by atoms with Gasteiger partial charge < -0.3 is 10.2 Å². The summed E-state index contributed by atoms with van der Waals surface area (Å²) in [5, 5.41) is 3.55. The van der Waals surface area contributed by atoms with Crippen molar-refractivity contribution in [3.63, 3.8) is 0 Å². The van der Waals surface area contributed by atoms with Gasteiger partial charge in [-0.1, -0.05) is 18.2 Å². The van der Waals surface area contributed by atoms with Crippen LogP contribution in [0.2, 0.25) is 0 Å². The SMILES string of the molecule is Cc1c(NC[C@H]2CCC[NH+]3CCCC[C@H]23)c(=O)n(-c2ccccc2)n1C. The molecule has 2 aliphatic heterocycles. The Morgan fingerprint density at radius 3 is 2.69 bits per heavy atom. The van der Waals surface area contributed by atoms with E-state index >= 15 is 0 Å². The predicted molar refractivity (Wildman–Crippen MR) is 105 cm³/mol. The van der Waals surface area contributed by atoms with Crippen molar-refractivity contribution in [2.45, 2.75) is 45.1 Å². The third kappa shape index (κ3) is 3.09. The number of benzene rings is 1. The predicted octanol–water partition coefficient (Wildman–Crippen LogP) is 1.74. The monoisotopic (exact) mass is 355 g/mol. The van der Waals surface area contributed by atoms with E-state index in [2.05, 4.69) is 5.32 Å². The first-order valence-corrected chi connectivity index (χ1v) is 10.1. The molecule has 3 heterocycles. The summed E-state index contributed by atoms with van der Waals surface area (Å²) in [5.74, 6) is 0.684. The van der Waals surface area contributed by atoms with Gasteiger partial charge in [0.1, 0.15) is 5.69 Å². The maximum Gasteiger partial charge on any atom is 0.295 e. The number of piperidine rings is 2. The fraction of sp³-hybridized carbons (Fsp3) is 0.571. The van der Waals surface area contributed by atoms with Crippen LogP contribution < -0.4 is 15.8 Å². The van der Waals surface area contributed by atoms with Crippen molar-refractivity contribution in [1.29, 1.82) is 0 Å². The Balaban J connectivity index is 1.55. The molecule has 0 spiro atoms. The Hall–Kier alpha value is -2.01. The van der Waals surface area contributed by atoms with E-state index < -0.39 is 0 Å². The molecule has 1 aromatic heterocycles. The number of anilines is 1. The highest BCUT2D eigenvalue weighted by atomic mass is 16.1. The highest BCUT2D eigenvalue weighted by Gasteiger charge is 2.36. The molecule has 0 saturated carbocycles. The number of para-hydroxylation sites is 1. The summed E-state index contributed by atoms with van der Waals surface area (Å²) < 4.78 is 3.72. The molecule has 0 bridgehead atoms. The Kier molecular flexibility index (Phi) is 4.90. The molecule has 0 radical (unpaired) electrons. The van der Waals surface area contributed by atoms with Gasteiger partial charge in [-0.05, 0) is 51.2 Å². The van der Waals surface area contributed by atoms with Crippen molar-refractivity contribution in [2.75, 3.05) is 25.0 Å². The van der Waals surface area contributed by atoms with Crippen LogP contribution in [0.5, 0.6) is 0 Å². The second kappa shape index (κ2) is 7.31. The maximum absolute atomic E-state index is 13.0. The third-order valence-corrected chi connectivity index (χ3v) is 6.52. The van der Waals surface area contributed by atoms with Crippen molar-refractivity contribution in [2.24, 2.45) is 13.0 Å². The first-order chi connectivity index (χ1) is 12.7. The van der Waals surface area contributed by atoms with Crippen LogP contribution in [0, 0.1) is 12.8 Å². The lowest BCUT2D eigenvalue weighted by molar-refractivity contribution is -0.939. The van der Waals surface area contributed by atoms with E-state index in [0.717, 1.165) is 29.7 Å².